The molecule has 0 saturated heterocycles. The van der Waals surface area contributed by atoms with Crippen LogP contribution in [0.3, 0.4) is 0 Å². The van der Waals surface area contributed by atoms with Gasteiger partial charge >= 0.3 is 0 Å². The SMILES string of the molecule is CC(C)c1ccnc(-c2[c-]cc(F)c3c2oc2ncccc23)c1.C[Si](C)(C)c1cnc(-c2[c-]cccc2)cc1-c1ccccc1.[Ir]. The first-order valence-corrected chi connectivity index (χ1v) is 18.6. The van der Waals surface area contributed by atoms with E-state index in [0.717, 1.165) is 22.5 Å². The van der Waals surface area contributed by atoms with Crippen LogP contribution in [0, 0.1) is 17.9 Å². The van der Waals surface area contributed by atoms with Gasteiger partial charge < -0.3 is 14.4 Å². The third-order valence-corrected chi connectivity index (χ3v) is 9.78. The normalized spacial score (nSPS) is 11.3. The Kier molecular flexibility index (Phi) is 10.1. The molecular formula is C39H34FIrN3OSi-2. The van der Waals surface area contributed by atoms with Crippen molar-refractivity contribution in [1.82, 2.24) is 15.0 Å². The predicted octanol–water partition coefficient (Wildman–Crippen LogP) is 9.86. The Labute approximate surface area is 284 Å². The molecule has 0 fully saturated rings. The van der Waals surface area contributed by atoms with Crippen molar-refractivity contribution in [3.8, 4) is 33.6 Å². The first-order chi connectivity index (χ1) is 21.7. The fraction of sp³-hybridized carbons (Fsp3) is 0.154. The quantitative estimate of drug-likeness (QED) is 0.129. The second kappa shape index (κ2) is 14.0. The predicted molar refractivity (Wildman–Crippen MR) is 185 cm³/mol. The Hall–Kier alpha value is -4.29. The minimum Gasteiger partial charge on any atom is -0.486 e. The van der Waals surface area contributed by atoms with Gasteiger partial charge in [-0.1, -0.05) is 87.1 Å². The Morgan fingerprint density at radius 1 is 0.804 bits per heavy atom. The van der Waals surface area contributed by atoms with E-state index in [-0.39, 0.29) is 25.9 Å². The molecular weight excluding hydrogens is 766 g/mol. The summed E-state index contributed by atoms with van der Waals surface area (Å²) in [4.78, 5) is 13.3. The van der Waals surface area contributed by atoms with Gasteiger partial charge in [0.25, 0.3) is 0 Å². The summed E-state index contributed by atoms with van der Waals surface area (Å²) < 4.78 is 20.1. The molecule has 4 aromatic heterocycles. The molecule has 46 heavy (non-hydrogen) atoms. The van der Waals surface area contributed by atoms with E-state index in [9.17, 15) is 4.39 Å². The van der Waals surface area contributed by atoms with E-state index in [4.69, 9.17) is 9.40 Å². The molecule has 0 aliphatic rings. The second-order valence-electron chi connectivity index (χ2n) is 12.3. The summed E-state index contributed by atoms with van der Waals surface area (Å²) >= 11 is 0. The van der Waals surface area contributed by atoms with E-state index >= 15 is 0 Å². The molecule has 233 valence electrons. The Bertz CT molecular complexity index is 2090. The number of nitrogens with zero attached hydrogens (tertiary/aromatic N) is 3. The summed E-state index contributed by atoms with van der Waals surface area (Å²) in [7, 11) is -1.46. The molecule has 1 radical (unpaired) electrons. The molecule has 0 aliphatic heterocycles. The maximum atomic E-state index is 14.3. The van der Waals surface area contributed by atoms with Gasteiger partial charge in [-0.3, -0.25) is 4.39 Å². The van der Waals surface area contributed by atoms with Gasteiger partial charge in [-0.25, -0.2) is 4.98 Å². The van der Waals surface area contributed by atoms with Gasteiger partial charge in [0.1, 0.15) is 0 Å². The molecule has 3 aromatic carbocycles. The van der Waals surface area contributed by atoms with Crippen LogP contribution >= 0.6 is 0 Å². The topological polar surface area (TPSA) is 51.8 Å². The number of pyridine rings is 3. The Balaban J connectivity index is 0.000000178. The average Bonchev–Trinajstić information content (AvgIpc) is 3.46. The standard InChI is InChI=1S/C20H20NSi.C19H14FN2O.Ir/c1-22(2,3)20-15-21-19(17-12-8-5-9-13-17)14-18(20)16-10-6-4-7-11-16;1-11(2)12-7-9-21-16(10-12)13-5-6-15(20)17-14-4-3-8-22-19(14)23-18(13)17;/h4-12,14-15H,1-3H3;3-4,6-11H,1-2H3;/q2*-1;. The maximum Gasteiger partial charge on any atom is 0.216 e. The third kappa shape index (κ3) is 6.92. The van der Waals surface area contributed by atoms with Crippen LogP contribution in [0.2, 0.25) is 19.6 Å². The Morgan fingerprint density at radius 3 is 2.30 bits per heavy atom. The van der Waals surface area contributed by atoms with Crippen molar-refractivity contribution in [3.05, 3.63) is 133 Å². The summed E-state index contributed by atoms with van der Waals surface area (Å²) in [6.45, 7) is 11.3. The molecule has 0 N–H and O–H groups in total. The average molecular weight is 800 g/mol. The van der Waals surface area contributed by atoms with Crippen molar-refractivity contribution in [1.29, 1.82) is 0 Å². The van der Waals surface area contributed by atoms with Gasteiger partial charge in [0, 0.05) is 49.9 Å². The first kappa shape index (κ1) is 33.1. The van der Waals surface area contributed by atoms with Gasteiger partial charge in [0.05, 0.1) is 13.7 Å². The van der Waals surface area contributed by atoms with E-state index < -0.39 is 8.07 Å². The summed E-state index contributed by atoms with van der Waals surface area (Å²) in [5, 5.41) is 2.49. The summed E-state index contributed by atoms with van der Waals surface area (Å²) in [5.41, 5.74) is 8.00. The molecule has 0 saturated carbocycles. The minimum atomic E-state index is -1.46. The van der Waals surface area contributed by atoms with Crippen LogP contribution in [-0.4, -0.2) is 23.0 Å². The third-order valence-electron chi connectivity index (χ3n) is 7.76. The number of furan rings is 1. The van der Waals surface area contributed by atoms with Crippen molar-refractivity contribution in [2.75, 3.05) is 0 Å². The van der Waals surface area contributed by atoms with Crippen molar-refractivity contribution in [2.45, 2.75) is 39.4 Å². The monoisotopic (exact) mass is 800 g/mol. The molecule has 7 rings (SSSR count). The van der Waals surface area contributed by atoms with E-state index in [1.54, 1.807) is 24.5 Å². The minimum absolute atomic E-state index is 0. The molecule has 0 spiro atoms. The molecule has 0 unspecified atom stereocenters. The molecule has 7 heteroatoms. The number of fused-ring (bicyclic) bond motifs is 3. The molecule has 7 aromatic rings. The van der Waals surface area contributed by atoms with Gasteiger partial charge in [-0.2, -0.15) is 0 Å². The molecule has 4 nitrogen and oxygen atoms in total. The van der Waals surface area contributed by atoms with Crippen LogP contribution in [0.5, 0.6) is 0 Å². The number of halogens is 1. The van der Waals surface area contributed by atoms with E-state index in [0.29, 0.717) is 33.6 Å². The summed E-state index contributed by atoms with van der Waals surface area (Å²) in [6, 6.07) is 36.0. The smallest absolute Gasteiger partial charge is 0.216 e. The van der Waals surface area contributed by atoms with Crippen LogP contribution in [-0.2, 0) is 20.1 Å². The fourth-order valence-corrected chi connectivity index (χ4v) is 6.84. The second-order valence-corrected chi connectivity index (χ2v) is 17.3. The van der Waals surface area contributed by atoms with Crippen LogP contribution in [0.1, 0.15) is 25.3 Å². The zero-order chi connectivity index (χ0) is 31.6. The first-order valence-electron chi connectivity index (χ1n) is 15.1. The van der Waals surface area contributed by atoms with E-state index in [1.165, 1.54) is 22.4 Å². The van der Waals surface area contributed by atoms with Crippen molar-refractivity contribution >= 4 is 35.3 Å². The van der Waals surface area contributed by atoms with E-state index in [2.05, 4.69) is 104 Å². The van der Waals surface area contributed by atoms with Crippen LogP contribution in [0.25, 0.3) is 55.7 Å². The molecule has 4 heterocycles. The number of hydrogen-bond donors (Lipinski definition) is 0. The van der Waals surface area contributed by atoms with Crippen molar-refractivity contribution in [2.24, 2.45) is 0 Å². The molecule has 0 amide bonds. The Morgan fingerprint density at radius 2 is 1.59 bits per heavy atom. The van der Waals surface area contributed by atoms with Gasteiger partial charge in [0.2, 0.25) is 5.71 Å². The summed E-state index contributed by atoms with van der Waals surface area (Å²) in [5.74, 6) is 0.0144. The zero-order valence-corrected chi connectivity index (χ0v) is 29.8. The van der Waals surface area contributed by atoms with Crippen molar-refractivity contribution in [3.63, 3.8) is 0 Å². The van der Waals surface area contributed by atoms with Crippen LogP contribution in [0.15, 0.2) is 114 Å². The fourth-order valence-electron chi connectivity index (χ4n) is 5.36. The molecule has 0 atom stereocenters. The van der Waals surface area contributed by atoms with E-state index in [1.807, 2.05) is 30.3 Å². The molecule has 0 bridgehead atoms. The number of benzene rings is 3. The van der Waals surface area contributed by atoms with Gasteiger partial charge in [0.15, 0.2) is 0 Å². The largest absolute Gasteiger partial charge is 0.486 e. The van der Waals surface area contributed by atoms with Crippen LogP contribution < -0.4 is 5.19 Å². The van der Waals surface area contributed by atoms with Crippen LogP contribution in [0.4, 0.5) is 4.39 Å². The number of hydrogen-bond acceptors (Lipinski definition) is 4. The summed E-state index contributed by atoms with van der Waals surface area (Å²) in [6.07, 6.45) is 5.46. The number of rotatable bonds is 5. The van der Waals surface area contributed by atoms with Gasteiger partial charge in [-0.05, 0) is 57.2 Å². The van der Waals surface area contributed by atoms with Gasteiger partial charge in [-0.15, -0.1) is 48.0 Å². The molecule has 0 aliphatic carbocycles. The maximum absolute atomic E-state index is 14.3. The van der Waals surface area contributed by atoms with Crippen molar-refractivity contribution < 1.29 is 28.9 Å². The number of aromatic nitrogens is 3. The zero-order valence-electron chi connectivity index (χ0n) is 26.4.